The standard InChI is InChI=1S/C15H13ClO3S/c1-20-12-5-2-10(3-6-12)9-19-14-8-11(16)4-7-13(14)15(17)18/h2-8H,9H2,1H3,(H,17,18). The van der Waals surface area contributed by atoms with Crippen LogP contribution >= 0.6 is 23.4 Å². The van der Waals surface area contributed by atoms with Gasteiger partial charge in [-0.3, -0.25) is 0 Å². The number of rotatable bonds is 5. The minimum absolute atomic E-state index is 0.107. The normalized spacial score (nSPS) is 10.3. The Morgan fingerprint density at radius 1 is 1.25 bits per heavy atom. The lowest BCUT2D eigenvalue weighted by Gasteiger charge is -2.10. The van der Waals surface area contributed by atoms with Gasteiger partial charge in [-0.1, -0.05) is 23.7 Å². The smallest absolute Gasteiger partial charge is 0.339 e. The first-order valence-corrected chi connectivity index (χ1v) is 7.49. The first-order valence-electron chi connectivity index (χ1n) is 5.88. The first-order chi connectivity index (χ1) is 9.60. The molecule has 0 aliphatic rings. The summed E-state index contributed by atoms with van der Waals surface area (Å²) in [5.74, 6) is -0.756. The third kappa shape index (κ3) is 3.68. The van der Waals surface area contributed by atoms with Crippen molar-refractivity contribution in [2.45, 2.75) is 11.5 Å². The Kier molecular flexibility index (Phi) is 4.93. The molecule has 2 aromatic rings. The highest BCUT2D eigenvalue weighted by Gasteiger charge is 2.11. The van der Waals surface area contributed by atoms with Crippen molar-refractivity contribution in [2.24, 2.45) is 0 Å². The van der Waals surface area contributed by atoms with Crippen LogP contribution in [0, 0.1) is 0 Å². The van der Waals surface area contributed by atoms with E-state index in [2.05, 4.69) is 0 Å². The molecule has 2 aromatic carbocycles. The second kappa shape index (κ2) is 6.68. The van der Waals surface area contributed by atoms with Gasteiger partial charge in [-0.15, -0.1) is 11.8 Å². The fourth-order valence-corrected chi connectivity index (χ4v) is 2.25. The van der Waals surface area contributed by atoms with E-state index in [1.165, 1.54) is 23.1 Å². The molecule has 20 heavy (non-hydrogen) atoms. The van der Waals surface area contributed by atoms with E-state index in [1.807, 2.05) is 30.5 Å². The molecule has 5 heteroatoms. The summed E-state index contributed by atoms with van der Waals surface area (Å²) in [6.45, 7) is 0.301. The van der Waals surface area contributed by atoms with E-state index in [0.717, 1.165) is 5.56 Å². The predicted octanol–water partition coefficient (Wildman–Crippen LogP) is 4.34. The lowest BCUT2D eigenvalue weighted by atomic mass is 10.2. The van der Waals surface area contributed by atoms with E-state index >= 15 is 0 Å². The Labute approximate surface area is 126 Å². The molecule has 3 nitrogen and oxygen atoms in total. The number of halogens is 1. The number of hydrogen-bond acceptors (Lipinski definition) is 3. The molecule has 0 amide bonds. The molecule has 1 N–H and O–H groups in total. The zero-order valence-electron chi connectivity index (χ0n) is 10.8. The average Bonchev–Trinajstić information content (AvgIpc) is 2.45. The zero-order chi connectivity index (χ0) is 14.5. The van der Waals surface area contributed by atoms with Crippen LogP contribution < -0.4 is 4.74 Å². The van der Waals surface area contributed by atoms with Gasteiger partial charge in [-0.2, -0.15) is 0 Å². The molecule has 0 aromatic heterocycles. The van der Waals surface area contributed by atoms with Crippen LogP contribution in [-0.4, -0.2) is 17.3 Å². The van der Waals surface area contributed by atoms with Gasteiger partial charge in [0, 0.05) is 9.92 Å². The predicted molar refractivity (Wildman–Crippen MR) is 81.0 cm³/mol. The van der Waals surface area contributed by atoms with Gasteiger partial charge in [-0.25, -0.2) is 4.79 Å². The molecule has 0 saturated carbocycles. The van der Waals surface area contributed by atoms with Crippen LogP contribution in [-0.2, 0) is 6.61 Å². The molecule has 0 bridgehead atoms. The molecule has 0 atom stereocenters. The van der Waals surface area contributed by atoms with Gasteiger partial charge in [0.1, 0.15) is 17.9 Å². The maximum absolute atomic E-state index is 11.1. The van der Waals surface area contributed by atoms with E-state index in [9.17, 15) is 4.79 Å². The number of thioether (sulfide) groups is 1. The van der Waals surface area contributed by atoms with Gasteiger partial charge >= 0.3 is 5.97 Å². The topological polar surface area (TPSA) is 46.5 Å². The molecule has 0 saturated heterocycles. The quantitative estimate of drug-likeness (QED) is 0.835. The number of ether oxygens (including phenoxy) is 1. The molecule has 2 rings (SSSR count). The largest absolute Gasteiger partial charge is 0.488 e. The maximum Gasteiger partial charge on any atom is 0.339 e. The Hall–Kier alpha value is -1.65. The van der Waals surface area contributed by atoms with Crippen molar-refractivity contribution >= 4 is 29.3 Å². The summed E-state index contributed by atoms with van der Waals surface area (Å²) in [5.41, 5.74) is 1.08. The van der Waals surface area contributed by atoms with Crippen LogP contribution in [0.4, 0.5) is 0 Å². The monoisotopic (exact) mass is 308 g/mol. The van der Waals surface area contributed by atoms with Crippen molar-refractivity contribution in [1.29, 1.82) is 0 Å². The molecule has 0 spiro atoms. The second-order valence-corrected chi connectivity index (χ2v) is 5.40. The Morgan fingerprint density at radius 3 is 2.55 bits per heavy atom. The fourth-order valence-electron chi connectivity index (χ4n) is 1.68. The van der Waals surface area contributed by atoms with Gasteiger partial charge < -0.3 is 9.84 Å². The minimum atomic E-state index is -1.03. The second-order valence-electron chi connectivity index (χ2n) is 4.08. The van der Waals surface area contributed by atoms with Crippen molar-refractivity contribution in [3.63, 3.8) is 0 Å². The molecular weight excluding hydrogens is 296 g/mol. The molecule has 0 aliphatic heterocycles. The van der Waals surface area contributed by atoms with E-state index < -0.39 is 5.97 Å². The summed E-state index contributed by atoms with van der Waals surface area (Å²) in [7, 11) is 0. The molecular formula is C15H13ClO3S. The van der Waals surface area contributed by atoms with Crippen molar-refractivity contribution < 1.29 is 14.6 Å². The lowest BCUT2D eigenvalue weighted by molar-refractivity contribution is 0.0692. The molecule has 0 radical (unpaired) electrons. The lowest BCUT2D eigenvalue weighted by Crippen LogP contribution is -2.03. The van der Waals surface area contributed by atoms with Crippen molar-refractivity contribution in [1.82, 2.24) is 0 Å². The van der Waals surface area contributed by atoms with E-state index in [-0.39, 0.29) is 11.3 Å². The van der Waals surface area contributed by atoms with E-state index in [4.69, 9.17) is 21.4 Å². The minimum Gasteiger partial charge on any atom is -0.488 e. The number of carbonyl (C=O) groups is 1. The van der Waals surface area contributed by atoms with E-state index in [0.29, 0.717) is 11.6 Å². The number of carboxylic acids is 1. The van der Waals surface area contributed by atoms with Crippen molar-refractivity contribution in [3.8, 4) is 5.75 Å². The van der Waals surface area contributed by atoms with Gasteiger partial charge in [0.2, 0.25) is 0 Å². The third-order valence-corrected chi connectivity index (χ3v) is 3.71. The third-order valence-electron chi connectivity index (χ3n) is 2.73. The maximum atomic E-state index is 11.1. The molecule has 0 heterocycles. The Bertz CT molecular complexity index is 611. The van der Waals surface area contributed by atoms with Crippen LogP contribution in [0.3, 0.4) is 0 Å². The number of hydrogen-bond donors (Lipinski definition) is 1. The summed E-state index contributed by atoms with van der Waals surface area (Å²) < 4.78 is 5.57. The SMILES string of the molecule is CSc1ccc(COc2cc(Cl)ccc2C(=O)O)cc1. The average molecular weight is 309 g/mol. The van der Waals surface area contributed by atoms with Crippen LogP contribution in [0.1, 0.15) is 15.9 Å². The Morgan fingerprint density at radius 2 is 1.95 bits per heavy atom. The molecule has 104 valence electrons. The van der Waals surface area contributed by atoms with Crippen molar-refractivity contribution in [3.05, 3.63) is 58.6 Å². The van der Waals surface area contributed by atoms with Crippen LogP contribution in [0.5, 0.6) is 5.75 Å². The molecule has 0 unspecified atom stereocenters. The number of carboxylic acid groups (broad SMARTS) is 1. The summed E-state index contributed by atoms with van der Waals surface area (Å²) in [4.78, 5) is 12.3. The van der Waals surface area contributed by atoms with Gasteiger partial charge in [-0.05, 0) is 42.2 Å². The number of benzene rings is 2. The summed E-state index contributed by atoms with van der Waals surface area (Å²) in [6.07, 6.45) is 2.01. The number of aromatic carboxylic acids is 1. The highest BCUT2D eigenvalue weighted by atomic mass is 35.5. The first kappa shape index (κ1) is 14.8. The van der Waals surface area contributed by atoms with Crippen molar-refractivity contribution in [2.75, 3.05) is 6.26 Å². The Balaban J connectivity index is 2.13. The molecule has 0 aliphatic carbocycles. The van der Waals surface area contributed by atoms with E-state index in [1.54, 1.807) is 11.8 Å². The van der Waals surface area contributed by atoms with Crippen LogP contribution in [0.25, 0.3) is 0 Å². The molecule has 0 fully saturated rings. The zero-order valence-corrected chi connectivity index (χ0v) is 12.4. The van der Waals surface area contributed by atoms with Gasteiger partial charge in [0.15, 0.2) is 0 Å². The highest BCUT2D eigenvalue weighted by Crippen LogP contribution is 2.24. The van der Waals surface area contributed by atoms with Gasteiger partial charge in [0.05, 0.1) is 0 Å². The van der Waals surface area contributed by atoms with Gasteiger partial charge in [0.25, 0.3) is 0 Å². The summed E-state index contributed by atoms with van der Waals surface area (Å²) >= 11 is 7.53. The highest BCUT2D eigenvalue weighted by molar-refractivity contribution is 7.98. The fraction of sp³-hybridized carbons (Fsp3) is 0.133. The summed E-state index contributed by atoms with van der Waals surface area (Å²) in [5, 5.41) is 9.54. The van der Waals surface area contributed by atoms with Crippen LogP contribution in [0.15, 0.2) is 47.4 Å². The summed E-state index contributed by atoms with van der Waals surface area (Å²) in [6, 6.07) is 12.4. The van der Waals surface area contributed by atoms with Crippen LogP contribution in [0.2, 0.25) is 5.02 Å².